The Labute approximate surface area is 182 Å². The van der Waals surface area contributed by atoms with Gasteiger partial charge in [0.05, 0.1) is 24.8 Å². The smallest absolute Gasteiger partial charge is 0.190 e. The Morgan fingerprint density at radius 2 is 1.93 bits per heavy atom. The molecule has 2 aromatic carbocycles. The highest BCUT2D eigenvalue weighted by Gasteiger charge is 2.11. The van der Waals surface area contributed by atoms with Crippen molar-refractivity contribution in [1.29, 1.82) is 0 Å². The number of halogens is 1. The molecule has 4 rings (SSSR count). The van der Waals surface area contributed by atoms with Gasteiger partial charge in [0.1, 0.15) is 5.75 Å². The Kier molecular flexibility index (Phi) is 6.27. The van der Waals surface area contributed by atoms with Crippen LogP contribution in [-0.2, 0) is 13.1 Å². The van der Waals surface area contributed by atoms with E-state index in [-0.39, 0.29) is 0 Å². The van der Waals surface area contributed by atoms with Crippen LogP contribution in [0.1, 0.15) is 6.42 Å². The number of aryl methyl sites for hydroxylation is 1. The molecule has 0 fully saturated rings. The van der Waals surface area contributed by atoms with E-state index in [0.717, 1.165) is 40.2 Å². The summed E-state index contributed by atoms with van der Waals surface area (Å²) >= 11 is 5.35. The topological polar surface area (TPSA) is 44.3 Å². The standard InChI is InChI=1S/C22H21BrN4OS/c1-28-18-9-7-17(8-10-18)25-22-27(13-4-12-26-14-11-24-16-26)21(15-29-22)19-5-2-3-6-20(19)23/h2-3,5-11,14-16H,4,12-13H2,1H3. The van der Waals surface area contributed by atoms with Crippen LogP contribution in [0.3, 0.4) is 0 Å². The maximum Gasteiger partial charge on any atom is 0.190 e. The first-order chi connectivity index (χ1) is 14.2. The minimum atomic E-state index is 0.831. The molecule has 0 unspecified atom stereocenters. The largest absolute Gasteiger partial charge is 0.497 e. The summed E-state index contributed by atoms with van der Waals surface area (Å²) in [6.45, 7) is 1.79. The van der Waals surface area contributed by atoms with Crippen molar-refractivity contribution in [2.24, 2.45) is 4.99 Å². The van der Waals surface area contributed by atoms with Crippen molar-refractivity contribution < 1.29 is 4.74 Å². The SMILES string of the molecule is COc1ccc(N=c2scc(-c3ccccc3Br)n2CCCn2ccnc2)cc1. The fraction of sp³-hybridized carbons (Fsp3) is 0.182. The molecule has 2 heterocycles. The lowest BCUT2D eigenvalue weighted by Crippen LogP contribution is -2.17. The number of rotatable bonds is 7. The summed E-state index contributed by atoms with van der Waals surface area (Å²) in [6, 6.07) is 16.1. The van der Waals surface area contributed by atoms with Gasteiger partial charge in [-0.3, -0.25) is 0 Å². The Morgan fingerprint density at radius 3 is 2.66 bits per heavy atom. The summed E-state index contributed by atoms with van der Waals surface area (Å²) < 4.78 is 10.7. The maximum absolute atomic E-state index is 5.25. The van der Waals surface area contributed by atoms with Gasteiger partial charge in [0.25, 0.3) is 0 Å². The number of ether oxygens (including phenoxy) is 1. The van der Waals surface area contributed by atoms with E-state index in [2.05, 4.69) is 53.6 Å². The number of methoxy groups -OCH3 is 1. The third kappa shape index (κ3) is 4.68. The van der Waals surface area contributed by atoms with E-state index in [0.29, 0.717) is 0 Å². The second kappa shape index (κ2) is 9.24. The van der Waals surface area contributed by atoms with E-state index in [1.165, 1.54) is 11.3 Å². The first-order valence-corrected chi connectivity index (χ1v) is 11.0. The molecule has 0 N–H and O–H groups in total. The summed E-state index contributed by atoms with van der Waals surface area (Å²) in [5.41, 5.74) is 3.25. The van der Waals surface area contributed by atoms with Gasteiger partial charge in [0.2, 0.25) is 0 Å². The Bertz CT molecular complexity index is 1130. The first-order valence-electron chi connectivity index (χ1n) is 9.32. The molecular formula is C22H21BrN4OS. The van der Waals surface area contributed by atoms with Crippen molar-refractivity contribution in [2.75, 3.05) is 7.11 Å². The quantitative estimate of drug-likeness (QED) is 0.359. The van der Waals surface area contributed by atoms with Crippen LogP contribution in [-0.4, -0.2) is 21.2 Å². The number of aromatic nitrogens is 3. The molecule has 7 heteroatoms. The minimum Gasteiger partial charge on any atom is -0.497 e. The zero-order valence-electron chi connectivity index (χ0n) is 16.0. The fourth-order valence-electron chi connectivity index (χ4n) is 3.12. The van der Waals surface area contributed by atoms with Crippen LogP contribution < -0.4 is 9.54 Å². The average Bonchev–Trinajstić information content (AvgIpc) is 3.40. The molecule has 0 aliphatic carbocycles. The third-order valence-electron chi connectivity index (χ3n) is 4.60. The molecule has 0 atom stereocenters. The lowest BCUT2D eigenvalue weighted by molar-refractivity contribution is 0.415. The first kappa shape index (κ1) is 19.7. The number of nitrogens with zero attached hydrogens (tertiary/aromatic N) is 4. The third-order valence-corrected chi connectivity index (χ3v) is 6.16. The van der Waals surface area contributed by atoms with Crippen LogP contribution in [0, 0.1) is 0 Å². The van der Waals surface area contributed by atoms with Gasteiger partial charge in [0, 0.05) is 40.9 Å². The molecule has 0 spiro atoms. The fourth-order valence-corrected chi connectivity index (χ4v) is 4.55. The van der Waals surface area contributed by atoms with Gasteiger partial charge in [-0.15, -0.1) is 11.3 Å². The molecule has 0 aliphatic heterocycles. The number of thiazole rings is 1. The van der Waals surface area contributed by atoms with Crippen molar-refractivity contribution >= 4 is 33.0 Å². The predicted molar refractivity (Wildman–Crippen MR) is 121 cm³/mol. The Balaban J connectivity index is 1.70. The van der Waals surface area contributed by atoms with Crippen LogP contribution >= 0.6 is 27.3 Å². The lowest BCUT2D eigenvalue weighted by Gasteiger charge is -2.11. The zero-order valence-corrected chi connectivity index (χ0v) is 18.4. The molecule has 29 heavy (non-hydrogen) atoms. The second-order valence-corrected chi connectivity index (χ2v) is 8.19. The maximum atomic E-state index is 5.25. The molecule has 0 saturated carbocycles. The van der Waals surface area contributed by atoms with Crippen molar-refractivity contribution in [3.8, 4) is 17.0 Å². The summed E-state index contributed by atoms with van der Waals surface area (Å²) in [7, 11) is 1.67. The molecule has 0 radical (unpaired) electrons. The van der Waals surface area contributed by atoms with Gasteiger partial charge >= 0.3 is 0 Å². The van der Waals surface area contributed by atoms with E-state index < -0.39 is 0 Å². The second-order valence-electron chi connectivity index (χ2n) is 6.50. The van der Waals surface area contributed by atoms with Gasteiger partial charge < -0.3 is 13.9 Å². The molecule has 5 nitrogen and oxygen atoms in total. The van der Waals surface area contributed by atoms with Crippen molar-refractivity contribution in [3.63, 3.8) is 0 Å². The van der Waals surface area contributed by atoms with Gasteiger partial charge in [-0.1, -0.05) is 34.1 Å². The van der Waals surface area contributed by atoms with E-state index in [9.17, 15) is 0 Å². The van der Waals surface area contributed by atoms with E-state index >= 15 is 0 Å². The number of hydrogen-bond donors (Lipinski definition) is 0. The number of imidazole rings is 1. The lowest BCUT2D eigenvalue weighted by atomic mass is 10.2. The molecule has 4 aromatic rings. The van der Waals surface area contributed by atoms with Crippen molar-refractivity contribution in [2.45, 2.75) is 19.5 Å². The van der Waals surface area contributed by atoms with Gasteiger partial charge in [-0.25, -0.2) is 9.98 Å². The highest BCUT2D eigenvalue weighted by atomic mass is 79.9. The molecule has 0 amide bonds. The summed E-state index contributed by atoms with van der Waals surface area (Å²) in [4.78, 5) is 10.0. The highest BCUT2D eigenvalue weighted by molar-refractivity contribution is 9.10. The minimum absolute atomic E-state index is 0.831. The van der Waals surface area contributed by atoms with Crippen molar-refractivity contribution in [3.05, 3.63) is 81.9 Å². The zero-order chi connectivity index (χ0) is 20.1. The van der Waals surface area contributed by atoms with Crippen LogP contribution in [0.4, 0.5) is 5.69 Å². The highest BCUT2D eigenvalue weighted by Crippen LogP contribution is 2.29. The van der Waals surface area contributed by atoms with Crippen molar-refractivity contribution in [1.82, 2.24) is 14.1 Å². The monoisotopic (exact) mass is 468 g/mol. The normalized spacial score (nSPS) is 11.7. The molecule has 148 valence electrons. The molecule has 2 aromatic heterocycles. The average molecular weight is 469 g/mol. The van der Waals surface area contributed by atoms with Crippen LogP contribution in [0.25, 0.3) is 11.3 Å². The summed E-state index contributed by atoms with van der Waals surface area (Å²) in [5.74, 6) is 0.831. The van der Waals surface area contributed by atoms with E-state index in [1.807, 2.05) is 49.1 Å². The molecular weight excluding hydrogens is 448 g/mol. The van der Waals surface area contributed by atoms with Gasteiger partial charge in [0.15, 0.2) is 4.80 Å². The Morgan fingerprint density at radius 1 is 1.10 bits per heavy atom. The van der Waals surface area contributed by atoms with Crippen LogP contribution in [0.15, 0.2) is 82.1 Å². The molecule has 0 aliphatic rings. The van der Waals surface area contributed by atoms with E-state index in [1.54, 1.807) is 18.4 Å². The van der Waals surface area contributed by atoms with Gasteiger partial charge in [-0.05, 0) is 36.8 Å². The summed E-state index contributed by atoms with van der Waals surface area (Å²) in [5, 5.41) is 2.18. The van der Waals surface area contributed by atoms with Gasteiger partial charge in [-0.2, -0.15) is 0 Å². The van der Waals surface area contributed by atoms with Crippen LogP contribution in [0.2, 0.25) is 0 Å². The van der Waals surface area contributed by atoms with E-state index in [4.69, 9.17) is 9.73 Å². The predicted octanol–water partition coefficient (Wildman–Crippen LogP) is 5.51. The summed E-state index contributed by atoms with van der Waals surface area (Å²) in [6.07, 6.45) is 6.65. The number of hydrogen-bond acceptors (Lipinski definition) is 4. The molecule has 0 bridgehead atoms. The van der Waals surface area contributed by atoms with Crippen LogP contribution in [0.5, 0.6) is 5.75 Å². The number of benzene rings is 2. The molecule has 0 saturated heterocycles. The Hall–Kier alpha value is -2.64.